The SMILES string of the molecule is CN=C(NCCCN1CCC(C)CC1)NCC(C)(C)NS(C)(=O)=O. The van der Waals surface area contributed by atoms with Gasteiger partial charge in [0.15, 0.2) is 5.96 Å². The first-order valence-corrected chi connectivity index (χ1v) is 10.7. The van der Waals surface area contributed by atoms with Crippen LogP contribution in [0.3, 0.4) is 0 Å². The smallest absolute Gasteiger partial charge is 0.209 e. The van der Waals surface area contributed by atoms with Gasteiger partial charge in [0, 0.05) is 25.7 Å². The van der Waals surface area contributed by atoms with Crippen molar-refractivity contribution < 1.29 is 8.42 Å². The highest BCUT2D eigenvalue weighted by atomic mass is 32.2. The van der Waals surface area contributed by atoms with Crippen LogP contribution in [0.5, 0.6) is 0 Å². The van der Waals surface area contributed by atoms with Crippen LogP contribution in [0.15, 0.2) is 4.99 Å². The average molecular weight is 362 g/mol. The van der Waals surface area contributed by atoms with Gasteiger partial charge in [-0.3, -0.25) is 4.99 Å². The van der Waals surface area contributed by atoms with Crippen molar-refractivity contribution in [2.75, 3.05) is 46.0 Å². The fourth-order valence-electron chi connectivity index (χ4n) is 2.86. The third-order valence-corrected chi connectivity index (χ3v) is 5.13. The van der Waals surface area contributed by atoms with E-state index in [1.807, 2.05) is 13.8 Å². The summed E-state index contributed by atoms with van der Waals surface area (Å²) in [5.41, 5.74) is -0.574. The van der Waals surface area contributed by atoms with Gasteiger partial charge >= 0.3 is 0 Å². The van der Waals surface area contributed by atoms with Crippen LogP contribution in [0.25, 0.3) is 0 Å². The molecule has 3 N–H and O–H groups in total. The number of piperidine rings is 1. The van der Waals surface area contributed by atoms with Crippen LogP contribution < -0.4 is 15.4 Å². The van der Waals surface area contributed by atoms with E-state index >= 15 is 0 Å². The highest BCUT2D eigenvalue weighted by Gasteiger charge is 2.22. The van der Waals surface area contributed by atoms with Gasteiger partial charge in [0.1, 0.15) is 0 Å². The third kappa shape index (κ3) is 9.44. The highest BCUT2D eigenvalue weighted by molar-refractivity contribution is 7.88. The molecule has 0 aliphatic carbocycles. The first kappa shape index (κ1) is 21.2. The van der Waals surface area contributed by atoms with Gasteiger partial charge in [0.2, 0.25) is 10.0 Å². The van der Waals surface area contributed by atoms with Crippen LogP contribution in [0, 0.1) is 5.92 Å². The Morgan fingerprint density at radius 1 is 1.25 bits per heavy atom. The summed E-state index contributed by atoms with van der Waals surface area (Å²) in [7, 11) is -1.51. The molecule has 24 heavy (non-hydrogen) atoms. The van der Waals surface area contributed by atoms with E-state index in [9.17, 15) is 8.42 Å². The number of guanidine groups is 1. The molecular formula is C16H35N5O2S. The number of hydrogen-bond donors (Lipinski definition) is 3. The summed E-state index contributed by atoms with van der Waals surface area (Å²) in [6, 6.07) is 0. The molecule has 1 rings (SSSR count). The summed E-state index contributed by atoms with van der Waals surface area (Å²) in [6.45, 7) is 10.8. The van der Waals surface area contributed by atoms with Gasteiger partial charge in [-0.2, -0.15) is 0 Å². The molecule has 7 nitrogen and oxygen atoms in total. The van der Waals surface area contributed by atoms with Crippen molar-refractivity contribution in [1.82, 2.24) is 20.3 Å². The van der Waals surface area contributed by atoms with Crippen molar-refractivity contribution in [1.29, 1.82) is 0 Å². The molecule has 1 heterocycles. The molecule has 1 aliphatic rings. The first-order valence-electron chi connectivity index (χ1n) is 8.77. The quantitative estimate of drug-likeness (QED) is 0.335. The van der Waals surface area contributed by atoms with Crippen molar-refractivity contribution in [2.45, 2.75) is 45.6 Å². The van der Waals surface area contributed by atoms with Gasteiger partial charge in [-0.25, -0.2) is 13.1 Å². The van der Waals surface area contributed by atoms with E-state index in [0.29, 0.717) is 12.5 Å². The molecule has 1 aliphatic heterocycles. The van der Waals surface area contributed by atoms with Crippen molar-refractivity contribution in [2.24, 2.45) is 10.9 Å². The van der Waals surface area contributed by atoms with Crippen LogP contribution in [0.4, 0.5) is 0 Å². The van der Waals surface area contributed by atoms with E-state index in [1.54, 1.807) is 7.05 Å². The molecule has 0 bridgehead atoms. The number of nitrogens with one attached hydrogen (secondary N) is 3. The molecule has 0 aromatic rings. The lowest BCUT2D eigenvalue weighted by Crippen LogP contribution is -2.53. The zero-order valence-corrected chi connectivity index (χ0v) is 16.7. The van der Waals surface area contributed by atoms with E-state index in [0.717, 1.165) is 25.4 Å². The Hall–Kier alpha value is -0.860. The van der Waals surface area contributed by atoms with Gasteiger partial charge in [-0.15, -0.1) is 0 Å². The van der Waals surface area contributed by atoms with Gasteiger partial charge < -0.3 is 15.5 Å². The molecule has 142 valence electrons. The third-order valence-electron chi connectivity index (χ3n) is 4.20. The van der Waals surface area contributed by atoms with Gasteiger partial charge in [0.05, 0.1) is 6.26 Å². The van der Waals surface area contributed by atoms with E-state index in [2.05, 4.69) is 32.2 Å². The average Bonchev–Trinajstić information content (AvgIpc) is 2.46. The standard InChI is InChI=1S/C16H35N5O2S/c1-14-7-11-21(12-8-14)10-6-9-18-15(17-4)19-13-16(2,3)20-24(5,22)23/h14,20H,6-13H2,1-5H3,(H2,17,18,19). The molecule has 0 unspecified atom stereocenters. The molecule has 0 spiro atoms. The number of hydrogen-bond acceptors (Lipinski definition) is 4. The van der Waals surface area contributed by atoms with Gasteiger partial charge in [-0.1, -0.05) is 6.92 Å². The van der Waals surface area contributed by atoms with Crippen LogP contribution in [0.1, 0.15) is 40.0 Å². The maximum absolute atomic E-state index is 11.4. The fourth-order valence-corrected chi connectivity index (χ4v) is 3.93. The Bertz CT molecular complexity index is 497. The van der Waals surface area contributed by atoms with E-state index in [1.165, 1.54) is 32.2 Å². The molecule has 0 saturated carbocycles. The Kier molecular flexibility index (Phi) is 8.45. The first-order chi connectivity index (χ1) is 11.1. The molecule has 1 fully saturated rings. The van der Waals surface area contributed by atoms with Crippen LogP contribution in [0.2, 0.25) is 0 Å². The minimum atomic E-state index is -3.23. The van der Waals surface area contributed by atoms with E-state index in [4.69, 9.17) is 0 Å². The number of rotatable bonds is 8. The second-order valence-electron chi connectivity index (χ2n) is 7.49. The maximum Gasteiger partial charge on any atom is 0.209 e. The lowest BCUT2D eigenvalue weighted by atomic mass is 9.99. The minimum Gasteiger partial charge on any atom is -0.356 e. The second kappa shape index (κ2) is 9.58. The van der Waals surface area contributed by atoms with Crippen molar-refractivity contribution in [3.05, 3.63) is 0 Å². The van der Waals surface area contributed by atoms with Crippen LogP contribution >= 0.6 is 0 Å². The van der Waals surface area contributed by atoms with Crippen molar-refractivity contribution in [3.8, 4) is 0 Å². The number of aliphatic imine (C=N–C) groups is 1. The molecular weight excluding hydrogens is 326 g/mol. The summed E-state index contributed by atoms with van der Waals surface area (Å²) >= 11 is 0. The summed E-state index contributed by atoms with van der Waals surface area (Å²) in [5, 5.41) is 6.46. The Labute approximate surface area is 147 Å². The predicted octanol–water partition coefficient (Wildman–Crippen LogP) is 0.601. The summed E-state index contributed by atoms with van der Waals surface area (Å²) in [6.07, 6.45) is 4.85. The molecule has 0 aromatic heterocycles. The topological polar surface area (TPSA) is 85.8 Å². The largest absolute Gasteiger partial charge is 0.356 e. The monoisotopic (exact) mass is 361 g/mol. The van der Waals surface area contributed by atoms with Crippen LogP contribution in [-0.2, 0) is 10.0 Å². The minimum absolute atomic E-state index is 0.462. The number of likely N-dealkylation sites (tertiary alicyclic amines) is 1. The Morgan fingerprint density at radius 2 is 1.88 bits per heavy atom. The zero-order valence-electron chi connectivity index (χ0n) is 15.9. The van der Waals surface area contributed by atoms with Crippen molar-refractivity contribution >= 4 is 16.0 Å². The lowest BCUT2D eigenvalue weighted by molar-refractivity contribution is 0.191. The molecule has 1 saturated heterocycles. The molecule has 0 amide bonds. The zero-order chi connectivity index (χ0) is 18.2. The fraction of sp³-hybridized carbons (Fsp3) is 0.938. The van der Waals surface area contributed by atoms with E-state index < -0.39 is 15.6 Å². The second-order valence-corrected chi connectivity index (χ2v) is 9.24. The maximum atomic E-state index is 11.4. The van der Waals surface area contributed by atoms with Gasteiger partial charge in [0.25, 0.3) is 0 Å². The molecule has 8 heteroatoms. The normalized spacial score (nSPS) is 18.6. The van der Waals surface area contributed by atoms with E-state index in [-0.39, 0.29) is 0 Å². The van der Waals surface area contributed by atoms with Gasteiger partial charge in [-0.05, 0) is 58.7 Å². The predicted molar refractivity (Wildman–Crippen MR) is 101 cm³/mol. The van der Waals surface area contributed by atoms with Crippen molar-refractivity contribution in [3.63, 3.8) is 0 Å². The lowest BCUT2D eigenvalue weighted by Gasteiger charge is -2.30. The molecule has 0 atom stereocenters. The Morgan fingerprint density at radius 3 is 2.42 bits per heavy atom. The highest BCUT2D eigenvalue weighted by Crippen LogP contribution is 2.15. The summed E-state index contributed by atoms with van der Waals surface area (Å²) in [4.78, 5) is 6.71. The molecule has 0 radical (unpaired) electrons. The summed E-state index contributed by atoms with van der Waals surface area (Å²) < 4.78 is 25.3. The summed E-state index contributed by atoms with van der Waals surface area (Å²) in [5.74, 6) is 1.57. The Balaban J connectivity index is 2.23. The number of sulfonamides is 1. The molecule has 0 aromatic carbocycles. The number of nitrogens with zero attached hydrogens (tertiary/aromatic N) is 2. The van der Waals surface area contributed by atoms with Crippen LogP contribution in [-0.4, -0.2) is 70.8 Å².